The number of rotatable bonds is 6. The summed E-state index contributed by atoms with van der Waals surface area (Å²) >= 11 is 0. The molecule has 0 spiro atoms. The van der Waals surface area contributed by atoms with Crippen LogP contribution in [0.25, 0.3) is 0 Å². The van der Waals surface area contributed by atoms with Gasteiger partial charge >= 0.3 is 0 Å². The number of methoxy groups -OCH3 is 1. The molecule has 1 fully saturated rings. The predicted octanol–water partition coefficient (Wildman–Crippen LogP) is 0.480. The van der Waals surface area contributed by atoms with Crippen LogP contribution < -0.4 is 0 Å². The zero-order valence-electron chi connectivity index (χ0n) is 10.9. The second kappa shape index (κ2) is 6.78. The second-order valence-corrected chi connectivity index (χ2v) is 4.82. The van der Waals surface area contributed by atoms with Crippen molar-refractivity contribution in [1.82, 2.24) is 14.9 Å². The molecule has 5 nitrogen and oxygen atoms in total. The van der Waals surface area contributed by atoms with E-state index in [4.69, 9.17) is 9.84 Å². The molecule has 1 saturated heterocycles. The molecule has 2 rings (SSSR count). The Labute approximate surface area is 108 Å². The molecule has 1 aliphatic rings. The van der Waals surface area contributed by atoms with E-state index in [-0.39, 0.29) is 0 Å². The van der Waals surface area contributed by atoms with Crippen molar-refractivity contribution in [2.75, 3.05) is 33.4 Å². The number of hydrogen-bond acceptors (Lipinski definition) is 5. The molecule has 5 heteroatoms. The lowest BCUT2D eigenvalue weighted by molar-refractivity contribution is 0.200. The monoisotopic (exact) mass is 251 g/mol. The van der Waals surface area contributed by atoms with Crippen molar-refractivity contribution in [3.63, 3.8) is 0 Å². The molecule has 1 aromatic heterocycles. The third kappa shape index (κ3) is 3.73. The molecular weight excluding hydrogens is 230 g/mol. The summed E-state index contributed by atoms with van der Waals surface area (Å²) in [5.41, 5.74) is 1.13. The molecule has 0 unspecified atom stereocenters. The molecule has 0 bridgehead atoms. The zero-order chi connectivity index (χ0) is 12.8. The normalized spacial score (nSPS) is 20.4. The topological polar surface area (TPSA) is 58.5 Å². The lowest BCUT2D eigenvalue weighted by atomic mass is 10.1. The van der Waals surface area contributed by atoms with Crippen LogP contribution in [0.4, 0.5) is 0 Å². The number of aliphatic hydroxyl groups excluding tert-OH is 1. The summed E-state index contributed by atoms with van der Waals surface area (Å²) in [6.45, 7) is 3.85. The van der Waals surface area contributed by atoms with E-state index in [1.807, 2.05) is 12.4 Å². The fraction of sp³-hybridized carbons (Fsp3) is 0.692. The molecule has 0 aliphatic carbocycles. The molecule has 1 aliphatic heterocycles. The van der Waals surface area contributed by atoms with Crippen LogP contribution in [0.15, 0.2) is 12.4 Å². The lowest BCUT2D eigenvalue weighted by Gasteiger charge is -2.15. The van der Waals surface area contributed by atoms with Crippen molar-refractivity contribution < 1.29 is 9.84 Å². The van der Waals surface area contributed by atoms with Gasteiger partial charge in [-0.3, -0.25) is 4.90 Å². The summed E-state index contributed by atoms with van der Waals surface area (Å²) in [6, 6.07) is 0. The number of aliphatic hydroxyl groups is 1. The van der Waals surface area contributed by atoms with Crippen LogP contribution in [0.5, 0.6) is 0 Å². The SMILES string of the molecule is COCCc1ncc(CN2CC[C@@H](CO)C2)cn1. The minimum Gasteiger partial charge on any atom is -0.396 e. The quantitative estimate of drug-likeness (QED) is 0.797. The first-order valence-corrected chi connectivity index (χ1v) is 6.43. The molecule has 0 aromatic carbocycles. The van der Waals surface area contributed by atoms with Gasteiger partial charge in [-0.1, -0.05) is 0 Å². The average Bonchev–Trinajstić information content (AvgIpc) is 2.86. The second-order valence-electron chi connectivity index (χ2n) is 4.82. The first-order chi connectivity index (χ1) is 8.81. The van der Waals surface area contributed by atoms with Crippen LogP contribution >= 0.6 is 0 Å². The van der Waals surface area contributed by atoms with Gasteiger partial charge in [0.25, 0.3) is 0 Å². The number of likely N-dealkylation sites (tertiary alicyclic amines) is 1. The summed E-state index contributed by atoms with van der Waals surface area (Å²) in [5.74, 6) is 1.27. The van der Waals surface area contributed by atoms with Gasteiger partial charge in [0, 0.05) is 51.2 Å². The van der Waals surface area contributed by atoms with Crippen molar-refractivity contribution in [1.29, 1.82) is 0 Å². The van der Waals surface area contributed by atoms with Gasteiger partial charge in [0.15, 0.2) is 0 Å². The van der Waals surface area contributed by atoms with E-state index < -0.39 is 0 Å². The summed E-state index contributed by atoms with van der Waals surface area (Å²) in [5, 5.41) is 9.11. The van der Waals surface area contributed by atoms with E-state index in [2.05, 4.69) is 14.9 Å². The van der Waals surface area contributed by atoms with Crippen LogP contribution in [-0.4, -0.2) is 53.4 Å². The maximum Gasteiger partial charge on any atom is 0.130 e. The van der Waals surface area contributed by atoms with Gasteiger partial charge in [-0.15, -0.1) is 0 Å². The Kier molecular flexibility index (Phi) is 5.04. The van der Waals surface area contributed by atoms with E-state index in [0.29, 0.717) is 19.1 Å². The van der Waals surface area contributed by atoms with E-state index >= 15 is 0 Å². The molecule has 0 amide bonds. The van der Waals surface area contributed by atoms with Crippen LogP contribution in [0.3, 0.4) is 0 Å². The van der Waals surface area contributed by atoms with Gasteiger partial charge in [0.2, 0.25) is 0 Å². The highest BCUT2D eigenvalue weighted by atomic mass is 16.5. The van der Waals surface area contributed by atoms with Crippen LogP contribution in [-0.2, 0) is 17.7 Å². The molecule has 0 radical (unpaired) electrons. The summed E-state index contributed by atoms with van der Waals surface area (Å²) < 4.78 is 5.00. The Morgan fingerprint density at radius 3 is 2.83 bits per heavy atom. The van der Waals surface area contributed by atoms with Crippen molar-refractivity contribution in [3.05, 3.63) is 23.8 Å². The van der Waals surface area contributed by atoms with Gasteiger partial charge in [-0.25, -0.2) is 9.97 Å². The first kappa shape index (κ1) is 13.4. The highest BCUT2D eigenvalue weighted by Gasteiger charge is 2.21. The Morgan fingerprint density at radius 2 is 2.22 bits per heavy atom. The molecule has 100 valence electrons. The van der Waals surface area contributed by atoms with Crippen LogP contribution in [0.2, 0.25) is 0 Å². The molecule has 1 N–H and O–H groups in total. The van der Waals surface area contributed by atoms with Crippen molar-refractivity contribution in [2.24, 2.45) is 5.92 Å². The number of hydrogen-bond donors (Lipinski definition) is 1. The van der Waals surface area contributed by atoms with Gasteiger partial charge in [-0.05, 0) is 18.9 Å². The van der Waals surface area contributed by atoms with Crippen molar-refractivity contribution in [3.8, 4) is 0 Å². The minimum absolute atomic E-state index is 0.295. The van der Waals surface area contributed by atoms with Gasteiger partial charge in [0.1, 0.15) is 5.82 Å². The smallest absolute Gasteiger partial charge is 0.130 e. The number of ether oxygens (including phenoxy) is 1. The van der Waals surface area contributed by atoms with E-state index in [1.54, 1.807) is 7.11 Å². The largest absolute Gasteiger partial charge is 0.396 e. The maximum absolute atomic E-state index is 9.11. The third-order valence-electron chi connectivity index (χ3n) is 3.32. The fourth-order valence-corrected chi connectivity index (χ4v) is 2.25. The van der Waals surface area contributed by atoms with Gasteiger partial charge in [0.05, 0.1) is 6.61 Å². The van der Waals surface area contributed by atoms with Gasteiger partial charge < -0.3 is 9.84 Å². The zero-order valence-corrected chi connectivity index (χ0v) is 10.9. The predicted molar refractivity (Wildman–Crippen MR) is 68.1 cm³/mol. The highest BCUT2D eigenvalue weighted by molar-refractivity contribution is 5.05. The fourth-order valence-electron chi connectivity index (χ4n) is 2.25. The Bertz CT molecular complexity index is 356. The van der Waals surface area contributed by atoms with Crippen LogP contribution in [0.1, 0.15) is 17.8 Å². The van der Waals surface area contributed by atoms with E-state index in [9.17, 15) is 0 Å². The Hall–Kier alpha value is -1.04. The average molecular weight is 251 g/mol. The summed E-state index contributed by atoms with van der Waals surface area (Å²) in [7, 11) is 1.68. The highest BCUT2D eigenvalue weighted by Crippen LogP contribution is 2.17. The molecule has 1 aromatic rings. The van der Waals surface area contributed by atoms with E-state index in [0.717, 1.165) is 43.9 Å². The van der Waals surface area contributed by atoms with Crippen molar-refractivity contribution in [2.45, 2.75) is 19.4 Å². The number of nitrogens with zero attached hydrogens (tertiary/aromatic N) is 3. The summed E-state index contributed by atoms with van der Waals surface area (Å²) in [4.78, 5) is 11.0. The Morgan fingerprint density at radius 1 is 1.44 bits per heavy atom. The molecule has 18 heavy (non-hydrogen) atoms. The first-order valence-electron chi connectivity index (χ1n) is 6.43. The standard InChI is InChI=1S/C13H21N3O2/c1-18-5-3-13-14-6-12(7-15-13)9-16-4-2-11(8-16)10-17/h6-7,11,17H,2-5,8-10H2,1H3/t11-/m1/s1. The number of aromatic nitrogens is 2. The molecular formula is C13H21N3O2. The van der Waals surface area contributed by atoms with E-state index in [1.165, 1.54) is 0 Å². The Balaban J connectivity index is 1.83. The molecule has 0 saturated carbocycles. The minimum atomic E-state index is 0.295. The third-order valence-corrected chi connectivity index (χ3v) is 3.32. The molecule has 1 atom stereocenters. The molecule has 2 heterocycles. The van der Waals surface area contributed by atoms with Crippen molar-refractivity contribution >= 4 is 0 Å². The summed E-state index contributed by atoms with van der Waals surface area (Å²) in [6.07, 6.45) is 5.63. The van der Waals surface area contributed by atoms with Gasteiger partial charge in [-0.2, -0.15) is 0 Å². The lowest BCUT2D eigenvalue weighted by Crippen LogP contribution is -2.21. The van der Waals surface area contributed by atoms with Crippen LogP contribution in [0, 0.1) is 5.92 Å². The maximum atomic E-state index is 9.11.